The van der Waals surface area contributed by atoms with Crippen molar-refractivity contribution >= 4 is 5.91 Å². The van der Waals surface area contributed by atoms with Crippen molar-refractivity contribution in [1.29, 1.82) is 0 Å². The minimum Gasteiger partial charge on any atom is -0.484 e. The summed E-state index contributed by atoms with van der Waals surface area (Å²) in [5.74, 6) is 1.55. The highest BCUT2D eigenvalue weighted by Gasteiger charge is 2.37. The zero-order valence-electron chi connectivity index (χ0n) is 14.7. The monoisotopic (exact) mass is 346 g/mol. The van der Waals surface area contributed by atoms with Crippen molar-refractivity contribution in [2.75, 3.05) is 32.8 Å². The van der Waals surface area contributed by atoms with Crippen LogP contribution in [0.4, 0.5) is 4.39 Å². The second-order valence-corrected chi connectivity index (χ2v) is 7.89. The molecule has 2 atom stereocenters. The molecular weight excluding hydrogens is 319 g/mol. The fourth-order valence-corrected chi connectivity index (χ4v) is 4.41. The van der Waals surface area contributed by atoms with E-state index in [1.807, 2.05) is 4.90 Å². The molecule has 1 aromatic rings. The van der Waals surface area contributed by atoms with Crippen LogP contribution in [0, 0.1) is 17.7 Å². The van der Waals surface area contributed by atoms with Crippen molar-refractivity contribution in [2.24, 2.45) is 11.8 Å². The highest BCUT2D eigenvalue weighted by molar-refractivity contribution is 5.78. The molecule has 0 radical (unpaired) electrons. The van der Waals surface area contributed by atoms with E-state index in [0.717, 1.165) is 25.6 Å². The Morgan fingerprint density at radius 2 is 2.04 bits per heavy atom. The predicted molar refractivity (Wildman–Crippen MR) is 93.9 cm³/mol. The average molecular weight is 346 g/mol. The molecule has 1 amide bonds. The maximum atomic E-state index is 13.2. The van der Waals surface area contributed by atoms with Gasteiger partial charge >= 0.3 is 0 Å². The molecular formula is C20H27FN2O2. The van der Waals surface area contributed by atoms with Crippen LogP contribution in [-0.2, 0) is 4.79 Å². The molecule has 3 aliphatic heterocycles. The van der Waals surface area contributed by atoms with Gasteiger partial charge in [-0.25, -0.2) is 4.39 Å². The molecule has 25 heavy (non-hydrogen) atoms. The average Bonchev–Trinajstić information content (AvgIpc) is 2.88. The fourth-order valence-electron chi connectivity index (χ4n) is 4.41. The van der Waals surface area contributed by atoms with Gasteiger partial charge in [-0.05, 0) is 49.7 Å². The van der Waals surface area contributed by atoms with Gasteiger partial charge in [-0.1, -0.05) is 12.5 Å². The molecule has 4 fully saturated rings. The van der Waals surface area contributed by atoms with Crippen LogP contribution < -0.4 is 4.74 Å². The predicted octanol–water partition coefficient (Wildman–Crippen LogP) is 2.93. The second kappa shape index (κ2) is 7.32. The molecule has 1 aliphatic carbocycles. The summed E-state index contributed by atoms with van der Waals surface area (Å²) < 4.78 is 18.7. The number of rotatable bonds is 5. The molecule has 2 bridgehead atoms. The summed E-state index contributed by atoms with van der Waals surface area (Å²) in [6, 6.07) is 6.47. The molecule has 0 N–H and O–H groups in total. The number of halogens is 1. The molecule has 5 heteroatoms. The summed E-state index contributed by atoms with van der Waals surface area (Å²) in [4.78, 5) is 17.2. The van der Waals surface area contributed by atoms with E-state index in [1.165, 1.54) is 50.8 Å². The number of hydrogen-bond donors (Lipinski definition) is 0. The van der Waals surface area contributed by atoms with E-state index < -0.39 is 0 Å². The van der Waals surface area contributed by atoms with Crippen LogP contribution in [-0.4, -0.2) is 54.5 Å². The number of ether oxygens (including phenoxy) is 1. The Kier molecular flexibility index (Phi) is 4.93. The van der Waals surface area contributed by atoms with E-state index in [1.54, 1.807) is 12.1 Å². The number of piperidine rings is 1. The van der Waals surface area contributed by atoms with Crippen molar-refractivity contribution in [3.05, 3.63) is 30.1 Å². The summed E-state index contributed by atoms with van der Waals surface area (Å²) in [6.07, 6.45) is 6.55. The fraction of sp³-hybridized carbons (Fsp3) is 0.650. The van der Waals surface area contributed by atoms with E-state index in [4.69, 9.17) is 4.74 Å². The van der Waals surface area contributed by atoms with Crippen LogP contribution in [0.1, 0.15) is 32.1 Å². The van der Waals surface area contributed by atoms with Crippen LogP contribution in [0.15, 0.2) is 24.3 Å². The third kappa shape index (κ3) is 3.97. The summed E-state index contributed by atoms with van der Waals surface area (Å²) >= 11 is 0. The van der Waals surface area contributed by atoms with Crippen LogP contribution >= 0.6 is 0 Å². The highest BCUT2D eigenvalue weighted by Crippen LogP contribution is 2.33. The third-order valence-corrected chi connectivity index (χ3v) is 6.06. The first-order valence-corrected chi connectivity index (χ1v) is 9.57. The first-order chi connectivity index (χ1) is 12.2. The van der Waals surface area contributed by atoms with Gasteiger partial charge in [-0.3, -0.25) is 9.69 Å². The van der Waals surface area contributed by atoms with Gasteiger partial charge in [0.15, 0.2) is 6.61 Å². The Morgan fingerprint density at radius 3 is 2.80 bits per heavy atom. The first-order valence-electron chi connectivity index (χ1n) is 9.57. The lowest BCUT2D eigenvalue weighted by atomic mass is 9.83. The van der Waals surface area contributed by atoms with Gasteiger partial charge < -0.3 is 9.64 Å². The molecule has 4 nitrogen and oxygen atoms in total. The van der Waals surface area contributed by atoms with Gasteiger partial charge in [0.25, 0.3) is 5.91 Å². The second-order valence-electron chi connectivity index (χ2n) is 7.89. The maximum Gasteiger partial charge on any atom is 0.260 e. The molecule has 1 aromatic carbocycles. The van der Waals surface area contributed by atoms with E-state index in [9.17, 15) is 9.18 Å². The number of benzene rings is 1. The number of carbonyl (C=O) groups excluding carboxylic acids is 1. The molecule has 0 unspecified atom stereocenters. The molecule has 4 aliphatic rings. The van der Waals surface area contributed by atoms with E-state index in [-0.39, 0.29) is 18.3 Å². The van der Waals surface area contributed by atoms with Crippen molar-refractivity contribution in [2.45, 2.75) is 38.1 Å². The largest absolute Gasteiger partial charge is 0.484 e. The minimum atomic E-state index is -0.343. The number of hydrogen-bond acceptors (Lipinski definition) is 3. The lowest BCUT2D eigenvalue weighted by Gasteiger charge is -2.40. The van der Waals surface area contributed by atoms with E-state index >= 15 is 0 Å². The molecule has 5 rings (SSSR count). The standard InChI is InChI=1S/C20H27FN2O2/c21-17-5-2-6-19(9-17)25-14-20(24)23-12-16-7-8-18(13-23)22(11-16)10-15-3-1-4-15/h2,5-6,9,15-16,18H,1,3-4,7-8,10-14H2/t16-,18-/m0/s1. The van der Waals surface area contributed by atoms with E-state index in [2.05, 4.69) is 4.90 Å². The van der Waals surface area contributed by atoms with Crippen molar-refractivity contribution in [3.8, 4) is 5.75 Å². The molecule has 3 saturated heterocycles. The Morgan fingerprint density at radius 1 is 1.16 bits per heavy atom. The van der Waals surface area contributed by atoms with Gasteiger partial charge in [-0.2, -0.15) is 0 Å². The maximum absolute atomic E-state index is 13.2. The Hall–Kier alpha value is -1.62. The Balaban J connectivity index is 1.33. The minimum absolute atomic E-state index is 0.00841. The normalized spacial score (nSPS) is 27.0. The van der Waals surface area contributed by atoms with Crippen LogP contribution in [0.3, 0.4) is 0 Å². The summed E-state index contributed by atoms with van der Waals surface area (Å²) in [5.41, 5.74) is 0. The third-order valence-electron chi connectivity index (χ3n) is 6.06. The smallest absolute Gasteiger partial charge is 0.260 e. The Bertz CT molecular complexity index is 619. The lowest BCUT2D eigenvalue weighted by molar-refractivity contribution is -0.133. The summed E-state index contributed by atoms with van der Waals surface area (Å²) in [6.45, 7) is 3.99. The summed E-state index contributed by atoms with van der Waals surface area (Å²) in [7, 11) is 0. The van der Waals surface area contributed by atoms with Gasteiger partial charge in [0.2, 0.25) is 0 Å². The number of nitrogens with zero attached hydrogens (tertiary/aromatic N) is 2. The molecule has 0 aromatic heterocycles. The molecule has 136 valence electrons. The van der Waals surface area contributed by atoms with E-state index in [0.29, 0.717) is 17.7 Å². The number of amides is 1. The SMILES string of the molecule is O=C(COc1cccc(F)c1)N1C[C@H]2CC[C@@H](C1)N(CC1CCC1)C2. The van der Waals surface area contributed by atoms with Crippen molar-refractivity contribution in [1.82, 2.24) is 9.80 Å². The quantitative estimate of drug-likeness (QED) is 0.822. The topological polar surface area (TPSA) is 32.8 Å². The first kappa shape index (κ1) is 16.8. The molecule has 3 heterocycles. The van der Waals surface area contributed by atoms with Crippen LogP contribution in [0.2, 0.25) is 0 Å². The number of fused-ring (bicyclic) bond motifs is 4. The Labute approximate surface area is 148 Å². The van der Waals surface area contributed by atoms with Gasteiger partial charge in [0.05, 0.1) is 0 Å². The van der Waals surface area contributed by atoms with Gasteiger partial charge in [0.1, 0.15) is 11.6 Å². The van der Waals surface area contributed by atoms with Crippen LogP contribution in [0.25, 0.3) is 0 Å². The van der Waals surface area contributed by atoms with Crippen molar-refractivity contribution < 1.29 is 13.9 Å². The zero-order valence-corrected chi connectivity index (χ0v) is 14.7. The number of carbonyl (C=O) groups is 1. The van der Waals surface area contributed by atoms with Crippen LogP contribution in [0.5, 0.6) is 5.75 Å². The van der Waals surface area contributed by atoms with Gasteiger partial charge in [0, 0.05) is 38.3 Å². The molecule has 1 saturated carbocycles. The van der Waals surface area contributed by atoms with Gasteiger partial charge in [-0.15, -0.1) is 0 Å². The summed E-state index contributed by atoms with van der Waals surface area (Å²) in [5, 5.41) is 0. The lowest BCUT2D eigenvalue weighted by Crippen LogP contribution is -2.47. The zero-order chi connectivity index (χ0) is 17.2. The van der Waals surface area contributed by atoms with Crippen molar-refractivity contribution in [3.63, 3.8) is 0 Å². The molecule has 0 spiro atoms. The highest BCUT2D eigenvalue weighted by atomic mass is 19.1.